The molecule has 2 aromatic rings. The molecule has 0 fully saturated rings. The van der Waals surface area contributed by atoms with Crippen LogP contribution < -0.4 is 10.6 Å². The molecule has 1 heterocycles. The number of amides is 1. The second-order valence-electron chi connectivity index (χ2n) is 4.34. The zero-order chi connectivity index (χ0) is 13.2. The summed E-state index contributed by atoms with van der Waals surface area (Å²) < 4.78 is 0. The average Bonchev–Trinajstić information content (AvgIpc) is 2.47. The molecule has 0 aliphatic carbocycles. The number of carbonyl (C=O) groups excluding carboxylic acids is 2. The first-order chi connectivity index (χ1) is 9.25. The van der Waals surface area contributed by atoms with Gasteiger partial charge in [-0.3, -0.25) is 9.59 Å². The molecule has 0 aromatic heterocycles. The largest absolute Gasteiger partial charge is 0.366 e. The molecule has 0 unspecified atom stereocenters. The van der Waals surface area contributed by atoms with E-state index in [4.69, 9.17) is 0 Å². The fourth-order valence-electron chi connectivity index (χ4n) is 2.10. The van der Waals surface area contributed by atoms with Crippen LogP contribution in [0, 0.1) is 0 Å². The van der Waals surface area contributed by atoms with Gasteiger partial charge in [-0.05, 0) is 12.1 Å². The number of para-hydroxylation sites is 2. The molecule has 1 amide bonds. The number of fused-ring (bicyclic) bond motifs is 1. The zero-order valence-electron chi connectivity index (χ0n) is 10.1. The van der Waals surface area contributed by atoms with E-state index in [1.807, 2.05) is 24.3 Å². The lowest BCUT2D eigenvalue weighted by Gasteiger charge is -2.25. The Hall–Kier alpha value is -2.62. The molecule has 4 heteroatoms. The van der Waals surface area contributed by atoms with E-state index in [1.54, 1.807) is 30.3 Å². The first-order valence-corrected chi connectivity index (χ1v) is 6.01. The van der Waals surface area contributed by atoms with E-state index in [0.717, 1.165) is 5.69 Å². The Morgan fingerprint density at radius 2 is 1.53 bits per heavy atom. The van der Waals surface area contributed by atoms with Gasteiger partial charge < -0.3 is 10.6 Å². The molecule has 94 valence electrons. The quantitative estimate of drug-likeness (QED) is 0.637. The molecule has 1 aliphatic rings. The molecular formula is C15H12N2O2. The summed E-state index contributed by atoms with van der Waals surface area (Å²) in [7, 11) is 0. The number of ketones is 1. The minimum absolute atomic E-state index is 0.229. The van der Waals surface area contributed by atoms with E-state index in [-0.39, 0.29) is 11.7 Å². The molecule has 0 saturated heterocycles. The molecule has 1 atom stereocenters. The Balaban J connectivity index is 1.91. The van der Waals surface area contributed by atoms with Gasteiger partial charge in [0.25, 0.3) is 5.91 Å². The highest BCUT2D eigenvalue weighted by Crippen LogP contribution is 2.26. The van der Waals surface area contributed by atoms with Crippen LogP contribution in [0.4, 0.5) is 11.4 Å². The monoisotopic (exact) mass is 252 g/mol. The van der Waals surface area contributed by atoms with Crippen molar-refractivity contribution in [1.82, 2.24) is 0 Å². The molecule has 2 N–H and O–H groups in total. The van der Waals surface area contributed by atoms with Gasteiger partial charge in [-0.25, -0.2) is 0 Å². The van der Waals surface area contributed by atoms with Gasteiger partial charge in [-0.15, -0.1) is 0 Å². The van der Waals surface area contributed by atoms with Crippen LogP contribution in [0.1, 0.15) is 10.4 Å². The molecule has 0 bridgehead atoms. The van der Waals surface area contributed by atoms with Crippen LogP contribution >= 0.6 is 0 Å². The van der Waals surface area contributed by atoms with Crippen molar-refractivity contribution < 1.29 is 9.59 Å². The smallest absolute Gasteiger partial charge is 0.255 e. The summed E-state index contributed by atoms with van der Waals surface area (Å²) in [4.78, 5) is 24.3. The summed E-state index contributed by atoms with van der Waals surface area (Å²) in [6, 6.07) is 15.2. The van der Waals surface area contributed by atoms with Crippen molar-refractivity contribution in [3.63, 3.8) is 0 Å². The molecule has 1 aliphatic heterocycles. The van der Waals surface area contributed by atoms with Gasteiger partial charge in [0.15, 0.2) is 11.8 Å². The minimum Gasteiger partial charge on any atom is -0.366 e. The van der Waals surface area contributed by atoms with Crippen LogP contribution in [0.2, 0.25) is 0 Å². The van der Waals surface area contributed by atoms with Gasteiger partial charge in [-0.1, -0.05) is 42.5 Å². The summed E-state index contributed by atoms with van der Waals surface area (Å²) >= 11 is 0. The van der Waals surface area contributed by atoms with E-state index in [2.05, 4.69) is 10.6 Å². The summed E-state index contributed by atoms with van der Waals surface area (Å²) in [5.74, 6) is -0.555. The predicted molar refractivity (Wildman–Crippen MR) is 73.3 cm³/mol. The first kappa shape index (κ1) is 11.5. The SMILES string of the molecule is O=C1Nc2ccccc2N[C@H]1C(=O)c1ccccc1. The summed E-state index contributed by atoms with van der Waals surface area (Å²) in [6.07, 6.45) is 0. The number of nitrogens with one attached hydrogen (secondary N) is 2. The molecule has 3 rings (SSSR count). The maximum Gasteiger partial charge on any atom is 0.255 e. The van der Waals surface area contributed by atoms with Gasteiger partial charge in [-0.2, -0.15) is 0 Å². The topological polar surface area (TPSA) is 58.2 Å². The van der Waals surface area contributed by atoms with Crippen molar-refractivity contribution in [2.24, 2.45) is 0 Å². The highest BCUT2D eigenvalue weighted by molar-refractivity contribution is 6.21. The number of carbonyl (C=O) groups is 2. The van der Waals surface area contributed by atoms with Gasteiger partial charge in [0, 0.05) is 5.56 Å². The highest BCUT2D eigenvalue weighted by Gasteiger charge is 2.31. The standard InChI is InChI=1S/C15H12N2O2/c18-14(10-6-2-1-3-7-10)13-15(19)17-12-9-5-4-8-11(12)16-13/h1-9,13,16H,(H,17,19)/t13-/m0/s1. The molecule has 19 heavy (non-hydrogen) atoms. The highest BCUT2D eigenvalue weighted by atomic mass is 16.2. The summed E-state index contributed by atoms with van der Waals surface area (Å²) in [5, 5.41) is 5.72. The lowest BCUT2D eigenvalue weighted by Crippen LogP contribution is -2.44. The molecule has 0 spiro atoms. The average molecular weight is 252 g/mol. The van der Waals surface area contributed by atoms with Crippen molar-refractivity contribution in [2.45, 2.75) is 6.04 Å². The van der Waals surface area contributed by atoms with Crippen LogP contribution in [0.3, 0.4) is 0 Å². The fraction of sp³-hybridized carbons (Fsp3) is 0.0667. The van der Waals surface area contributed by atoms with Crippen LogP contribution in [-0.4, -0.2) is 17.7 Å². The van der Waals surface area contributed by atoms with E-state index < -0.39 is 6.04 Å². The van der Waals surface area contributed by atoms with E-state index in [9.17, 15) is 9.59 Å². The zero-order valence-corrected chi connectivity index (χ0v) is 10.1. The van der Waals surface area contributed by atoms with E-state index >= 15 is 0 Å². The third-order valence-electron chi connectivity index (χ3n) is 3.07. The van der Waals surface area contributed by atoms with Crippen LogP contribution in [-0.2, 0) is 4.79 Å². The molecule has 0 radical (unpaired) electrons. The minimum atomic E-state index is -0.878. The number of rotatable bonds is 2. The maximum absolute atomic E-state index is 12.3. The predicted octanol–water partition coefficient (Wildman–Crippen LogP) is 2.30. The van der Waals surface area contributed by atoms with Crippen molar-refractivity contribution in [1.29, 1.82) is 0 Å². The Bertz CT molecular complexity index is 638. The van der Waals surface area contributed by atoms with Crippen LogP contribution in [0.15, 0.2) is 54.6 Å². The normalized spacial score (nSPS) is 17.1. The van der Waals surface area contributed by atoms with Crippen molar-refractivity contribution in [2.75, 3.05) is 10.6 Å². The summed E-state index contributed by atoms with van der Waals surface area (Å²) in [6.45, 7) is 0. The second-order valence-corrected chi connectivity index (χ2v) is 4.34. The molecule has 2 aromatic carbocycles. The van der Waals surface area contributed by atoms with Crippen molar-refractivity contribution >= 4 is 23.1 Å². The first-order valence-electron chi connectivity index (χ1n) is 6.01. The van der Waals surface area contributed by atoms with E-state index in [1.165, 1.54) is 0 Å². The summed E-state index contributed by atoms with van der Waals surface area (Å²) in [5.41, 5.74) is 1.98. The van der Waals surface area contributed by atoms with Gasteiger partial charge in [0.2, 0.25) is 0 Å². The van der Waals surface area contributed by atoms with Gasteiger partial charge in [0.1, 0.15) is 0 Å². The lowest BCUT2D eigenvalue weighted by atomic mass is 10.0. The Kier molecular flexibility index (Phi) is 2.76. The number of benzene rings is 2. The van der Waals surface area contributed by atoms with Gasteiger partial charge >= 0.3 is 0 Å². The molecule has 4 nitrogen and oxygen atoms in total. The van der Waals surface area contributed by atoms with E-state index in [0.29, 0.717) is 11.3 Å². The number of anilines is 2. The van der Waals surface area contributed by atoms with Gasteiger partial charge in [0.05, 0.1) is 11.4 Å². The van der Waals surface area contributed by atoms with Crippen molar-refractivity contribution in [3.05, 3.63) is 60.2 Å². The maximum atomic E-state index is 12.3. The Morgan fingerprint density at radius 3 is 2.26 bits per heavy atom. The number of hydrogen-bond acceptors (Lipinski definition) is 3. The van der Waals surface area contributed by atoms with Crippen LogP contribution in [0.25, 0.3) is 0 Å². The second kappa shape index (κ2) is 4.57. The number of Topliss-reactive ketones (excluding diaryl/α,β-unsaturated/α-hetero) is 1. The van der Waals surface area contributed by atoms with Crippen molar-refractivity contribution in [3.8, 4) is 0 Å². The Labute approximate surface area is 110 Å². The lowest BCUT2D eigenvalue weighted by molar-refractivity contribution is -0.116. The van der Waals surface area contributed by atoms with Crippen LogP contribution in [0.5, 0.6) is 0 Å². The third-order valence-corrected chi connectivity index (χ3v) is 3.07. The Morgan fingerprint density at radius 1 is 0.895 bits per heavy atom. The third kappa shape index (κ3) is 2.08. The molecular weight excluding hydrogens is 240 g/mol. The molecule has 0 saturated carbocycles. The number of hydrogen-bond donors (Lipinski definition) is 2. The fourth-order valence-corrected chi connectivity index (χ4v) is 2.10.